The number of rotatable bonds is 10. The van der Waals surface area contributed by atoms with E-state index < -0.39 is 0 Å². The molecule has 0 heterocycles. The Labute approximate surface area is 122 Å². The summed E-state index contributed by atoms with van der Waals surface area (Å²) in [5.74, 6) is 0.0444. The Bertz CT molecular complexity index is 381. The van der Waals surface area contributed by atoms with E-state index in [1.54, 1.807) is 12.1 Å². The van der Waals surface area contributed by atoms with E-state index in [9.17, 15) is 4.39 Å². The molecule has 1 N–H and O–H groups in total. The van der Waals surface area contributed by atoms with Gasteiger partial charge in [-0.25, -0.2) is 4.39 Å². The van der Waals surface area contributed by atoms with E-state index in [0.29, 0.717) is 11.8 Å². The molecule has 1 aromatic rings. The summed E-state index contributed by atoms with van der Waals surface area (Å²) in [6, 6.07) is 5.70. The number of hydrogen-bond donors (Lipinski definition) is 1. The lowest BCUT2D eigenvalue weighted by Crippen LogP contribution is -2.31. The zero-order valence-electron chi connectivity index (χ0n) is 13.0. The van der Waals surface area contributed by atoms with Gasteiger partial charge in [-0.05, 0) is 37.1 Å². The number of halogens is 1. The fourth-order valence-electron chi connectivity index (χ4n) is 2.50. The molecular weight excluding hydrogens is 253 g/mol. The minimum atomic E-state index is -0.272. The van der Waals surface area contributed by atoms with E-state index in [4.69, 9.17) is 4.74 Å². The van der Waals surface area contributed by atoms with Crippen molar-refractivity contribution in [1.82, 2.24) is 5.32 Å². The van der Waals surface area contributed by atoms with Crippen LogP contribution in [0.25, 0.3) is 0 Å². The predicted octanol–water partition coefficient (Wildman–Crippen LogP) is 4.33. The van der Waals surface area contributed by atoms with Gasteiger partial charge >= 0.3 is 0 Å². The topological polar surface area (TPSA) is 21.3 Å². The number of methoxy groups -OCH3 is 1. The number of unbranched alkanes of at least 4 members (excludes halogenated alkanes) is 3. The van der Waals surface area contributed by atoms with Crippen molar-refractivity contribution in [2.75, 3.05) is 13.7 Å². The highest BCUT2D eigenvalue weighted by molar-refractivity contribution is 5.29. The monoisotopic (exact) mass is 281 g/mol. The third-order valence-corrected chi connectivity index (χ3v) is 3.60. The predicted molar refractivity (Wildman–Crippen MR) is 82.9 cm³/mol. The Hall–Kier alpha value is -1.09. The molecule has 3 heteroatoms. The van der Waals surface area contributed by atoms with Gasteiger partial charge in [0.2, 0.25) is 0 Å². The first kappa shape index (κ1) is 17.0. The summed E-state index contributed by atoms with van der Waals surface area (Å²) in [6.45, 7) is 5.30. The number of nitrogens with one attached hydrogen (secondary N) is 1. The van der Waals surface area contributed by atoms with E-state index in [-0.39, 0.29) is 5.82 Å². The molecular formula is C17H28FNO. The first-order chi connectivity index (χ1) is 9.71. The SMILES string of the molecule is CCCCCCC(Cc1ccc(OC)c(F)c1)NCC. The summed E-state index contributed by atoms with van der Waals surface area (Å²) in [5, 5.41) is 3.50. The summed E-state index contributed by atoms with van der Waals surface area (Å²) in [5.41, 5.74) is 1.03. The van der Waals surface area contributed by atoms with Crippen molar-refractivity contribution in [3.8, 4) is 5.75 Å². The summed E-state index contributed by atoms with van der Waals surface area (Å²) in [6.07, 6.45) is 7.12. The molecule has 0 bridgehead atoms. The van der Waals surface area contributed by atoms with Crippen molar-refractivity contribution < 1.29 is 9.13 Å². The van der Waals surface area contributed by atoms with Crippen molar-refractivity contribution in [1.29, 1.82) is 0 Å². The van der Waals surface area contributed by atoms with Crippen molar-refractivity contribution in [2.45, 2.75) is 58.4 Å². The van der Waals surface area contributed by atoms with Crippen LogP contribution in [0.4, 0.5) is 4.39 Å². The van der Waals surface area contributed by atoms with Crippen LogP contribution in [-0.2, 0) is 6.42 Å². The number of likely N-dealkylation sites (N-methyl/N-ethyl adjacent to an activating group) is 1. The molecule has 114 valence electrons. The standard InChI is InChI=1S/C17H28FNO/c1-4-6-7-8-9-15(19-5-2)12-14-10-11-17(20-3)16(18)13-14/h10-11,13,15,19H,4-9,12H2,1-3H3. The lowest BCUT2D eigenvalue weighted by Gasteiger charge is -2.18. The minimum absolute atomic E-state index is 0.272. The van der Waals surface area contributed by atoms with E-state index in [2.05, 4.69) is 19.2 Å². The number of benzene rings is 1. The Morgan fingerprint density at radius 3 is 2.60 bits per heavy atom. The second-order valence-electron chi connectivity index (χ2n) is 5.28. The van der Waals surface area contributed by atoms with Crippen LogP contribution in [0.5, 0.6) is 5.75 Å². The van der Waals surface area contributed by atoms with E-state index in [0.717, 1.165) is 24.9 Å². The highest BCUT2D eigenvalue weighted by atomic mass is 19.1. The normalized spacial score (nSPS) is 12.4. The Morgan fingerprint density at radius 1 is 1.20 bits per heavy atom. The molecule has 0 fully saturated rings. The molecule has 0 aromatic heterocycles. The molecule has 0 amide bonds. The van der Waals surface area contributed by atoms with Crippen LogP contribution < -0.4 is 10.1 Å². The van der Waals surface area contributed by atoms with Gasteiger partial charge in [-0.2, -0.15) is 0 Å². The molecule has 0 saturated carbocycles. The van der Waals surface area contributed by atoms with Gasteiger partial charge in [0.25, 0.3) is 0 Å². The van der Waals surface area contributed by atoms with E-state index in [1.165, 1.54) is 32.8 Å². The van der Waals surface area contributed by atoms with Crippen LogP contribution in [0.1, 0.15) is 51.5 Å². The largest absolute Gasteiger partial charge is 0.494 e. The summed E-state index contributed by atoms with van der Waals surface area (Å²) >= 11 is 0. The van der Waals surface area contributed by atoms with Gasteiger partial charge < -0.3 is 10.1 Å². The van der Waals surface area contributed by atoms with Gasteiger partial charge in [-0.15, -0.1) is 0 Å². The lowest BCUT2D eigenvalue weighted by molar-refractivity contribution is 0.385. The molecule has 1 atom stereocenters. The van der Waals surface area contributed by atoms with Crippen LogP contribution in [-0.4, -0.2) is 19.7 Å². The summed E-state index contributed by atoms with van der Waals surface area (Å²) < 4.78 is 18.6. The second kappa shape index (κ2) is 9.76. The van der Waals surface area contributed by atoms with Crippen LogP contribution in [0.15, 0.2) is 18.2 Å². The van der Waals surface area contributed by atoms with E-state index in [1.807, 2.05) is 6.07 Å². The third kappa shape index (κ3) is 5.91. The smallest absolute Gasteiger partial charge is 0.165 e. The number of ether oxygens (including phenoxy) is 1. The van der Waals surface area contributed by atoms with Crippen molar-refractivity contribution in [2.24, 2.45) is 0 Å². The van der Waals surface area contributed by atoms with E-state index >= 15 is 0 Å². The van der Waals surface area contributed by atoms with Crippen molar-refractivity contribution in [3.05, 3.63) is 29.6 Å². The molecule has 0 aliphatic carbocycles. The fraction of sp³-hybridized carbons (Fsp3) is 0.647. The molecule has 0 aliphatic rings. The van der Waals surface area contributed by atoms with Crippen molar-refractivity contribution in [3.63, 3.8) is 0 Å². The first-order valence-corrected chi connectivity index (χ1v) is 7.77. The van der Waals surface area contributed by atoms with Gasteiger partial charge in [0.1, 0.15) is 0 Å². The van der Waals surface area contributed by atoms with Crippen LogP contribution >= 0.6 is 0 Å². The van der Waals surface area contributed by atoms with Gasteiger partial charge in [0, 0.05) is 6.04 Å². The molecule has 0 radical (unpaired) electrons. The summed E-state index contributed by atoms with van der Waals surface area (Å²) in [4.78, 5) is 0. The van der Waals surface area contributed by atoms with Crippen LogP contribution in [0, 0.1) is 5.82 Å². The molecule has 0 spiro atoms. The molecule has 0 aliphatic heterocycles. The van der Waals surface area contributed by atoms with Crippen molar-refractivity contribution >= 4 is 0 Å². The molecule has 2 nitrogen and oxygen atoms in total. The summed E-state index contributed by atoms with van der Waals surface area (Å²) in [7, 11) is 1.49. The minimum Gasteiger partial charge on any atom is -0.494 e. The lowest BCUT2D eigenvalue weighted by atomic mass is 9.99. The molecule has 1 unspecified atom stereocenters. The Morgan fingerprint density at radius 2 is 2.00 bits per heavy atom. The average molecular weight is 281 g/mol. The zero-order valence-corrected chi connectivity index (χ0v) is 13.0. The maximum absolute atomic E-state index is 13.7. The highest BCUT2D eigenvalue weighted by Crippen LogP contribution is 2.19. The molecule has 1 rings (SSSR count). The average Bonchev–Trinajstić information content (AvgIpc) is 2.44. The fourth-order valence-corrected chi connectivity index (χ4v) is 2.50. The Balaban J connectivity index is 2.53. The number of hydrogen-bond acceptors (Lipinski definition) is 2. The van der Waals surface area contributed by atoms with Gasteiger partial charge in [-0.1, -0.05) is 45.6 Å². The second-order valence-corrected chi connectivity index (χ2v) is 5.28. The maximum atomic E-state index is 13.7. The van der Waals surface area contributed by atoms with Crippen LogP contribution in [0.2, 0.25) is 0 Å². The molecule has 0 saturated heterocycles. The maximum Gasteiger partial charge on any atom is 0.165 e. The third-order valence-electron chi connectivity index (χ3n) is 3.60. The first-order valence-electron chi connectivity index (χ1n) is 7.77. The van der Waals surface area contributed by atoms with Gasteiger partial charge in [0.05, 0.1) is 7.11 Å². The van der Waals surface area contributed by atoms with Gasteiger partial charge in [0.15, 0.2) is 11.6 Å². The molecule has 1 aromatic carbocycles. The quantitative estimate of drug-likeness (QED) is 0.645. The highest BCUT2D eigenvalue weighted by Gasteiger charge is 2.10. The zero-order chi connectivity index (χ0) is 14.8. The molecule has 20 heavy (non-hydrogen) atoms. The van der Waals surface area contributed by atoms with Crippen LogP contribution in [0.3, 0.4) is 0 Å². The van der Waals surface area contributed by atoms with Gasteiger partial charge in [-0.3, -0.25) is 0 Å². The Kier molecular flexibility index (Phi) is 8.28.